The largest absolute Gasteiger partial charge is 0.497 e. The minimum absolute atomic E-state index is 0.598. The van der Waals surface area contributed by atoms with E-state index in [1.54, 1.807) is 7.11 Å². The van der Waals surface area contributed by atoms with Crippen molar-refractivity contribution in [2.24, 2.45) is 0 Å². The summed E-state index contributed by atoms with van der Waals surface area (Å²) in [6.07, 6.45) is 2.13. The molecule has 0 unspecified atom stereocenters. The van der Waals surface area contributed by atoms with E-state index < -0.39 is 8.32 Å². The molecule has 148 valence electrons. The van der Waals surface area contributed by atoms with Gasteiger partial charge in [-0.3, -0.25) is 0 Å². The quantitative estimate of drug-likeness (QED) is 0.332. The Morgan fingerprint density at radius 2 is 1.46 bits per heavy atom. The highest BCUT2D eigenvalue weighted by Crippen LogP contribution is 2.42. The molecule has 1 rings (SSSR count). The summed E-state index contributed by atoms with van der Waals surface area (Å²) in [5.74, 6) is 0.869. The zero-order valence-corrected chi connectivity index (χ0v) is 19.0. The fourth-order valence-corrected chi connectivity index (χ4v) is 9.38. The summed E-state index contributed by atoms with van der Waals surface area (Å²) < 4.78 is 17.8. The molecular weight excluding hydrogens is 340 g/mol. The molecule has 0 N–H and O–H groups in total. The Hall–Kier alpha value is -1.10. The van der Waals surface area contributed by atoms with Crippen molar-refractivity contribution in [2.75, 3.05) is 20.3 Å². The second-order valence-electron chi connectivity index (χ2n) is 7.89. The van der Waals surface area contributed by atoms with Crippen LogP contribution in [0.2, 0.25) is 16.6 Å². The number of methoxy groups -OCH3 is 1. The number of rotatable bonds is 11. The second-order valence-corrected chi connectivity index (χ2v) is 13.4. The maximum Gasteiger partial charge on any atom is 0.200 e. The Balaban J connectivity index is 2.60. The summed E-state index contributed by atoms with van der Waals surface area (Å²) in [4.78, 5) is 0. The van der Waals surface area contributed by atoms with Gasteiger partial charge in [0.2, 0.25) is 8.32 Å². The van der Waals surface area contributed by atoms with E-state index in [0.29, 0.717) is 36.4 Å². The molecular formula is C22H38O3Si. The van der Waals surface area contributed by atoms with Crippen LogP contribution in [0, 0.1) is 0 Å². The third-order valence-electron chi connectivity index (χ3n) is 5.34. The molecule has 0 aromatic heterocycles. The average molecular weight is 379 g/mol. The van der Waals surface area contributed by atoms with Crippen molar-refractivity contribution in [2.45, 2.75) is 71.7 Å². The number of hydrogen-bond acceptors (Lipinski definition) is 3. The lowest BCUT2D eigenvalue weighted by atomic mass is 10.2. The Kier molecular flexibility index (Phi) is 9.62. The normalized spacial score (nSPS) is 13.1. The fraction of sp³-hybridized carbons (Fsp3) is 0.636. The molecule has 1 aromatic rings. The molecule has 0 heterocycles. The molecule has 0 saturated carbocycles. The van der Waals surface area contributed by atoms with Gasteiger partial charge in [-0.05, 0) is 46.8 Å². The van der Waals surface area contributed by atoms with E-state index in [1.165, 1.54) is 5.57 Å². The van der Waals surface area contributed by atoms with Crippen molar-refractivity contribution in [3.8, 4) is 5.75 Å². The molecule has 0 fully saturated rings. The van der Waals surface area contributed by atoms with Gasteiger partial charge < -0.3 is 13.9 Å². The molecule has 0 saturated heterocycles. The minimum atomic E-state index is -1.83. The minimum Gasteiger partial charge on any atom is -0.497 e. The van der Waals surface area contributed by atoms with Gasteiger partial charge in [0.15, 0.2) is 0 Å². The number of hydrogen-bond donors (Lipinski definition) is 0. The fourth-order valence-electron chi connectivity index (χ4n) is 3.95. The molecule has 0 bridgehead atoms. The molecule has 1 aromatic carbocycles. The van der Waals surface area contributed by atoms with Crippen molar-refractivity contribution >= 4 is 8.32 Å². The molecule has 0 aliphatic heterocycles. The van der Waals surface area contributed by atoms with E-state index in [4.69, 9.17) is 13.9 Å². The third-order valence-corrected chi connectivity index (χ3v) is 11.4. The van der Waals surface area contributed by atoms with Gasteiger partial charge in [0.05, 0.1) is 26.9 Å². The smallest absolute Gasteiger partial charge is 0.200 e. The summed E-state index contributed by atoms with van der Waals surface area (Å²) in [6, 6.07) is 8.01. The van der Waals surface area contributed by atoms with Gasteiger partial charge in [-0.15, -0.1) is 0 Å². The van der Waals surface area contributed by atoms with Crippen LogP contribution in [0.5, 0.6) is 5.75 Å². The molecule has 0 atom stereocenters. The van der Waals surface area contributed by atoms with Crippen LogP contribution in [-0.4, -0.2) is 28.6 Å². The number of benzene rings is 1. The molecule has 0 aliphatic carbocycles. The molecule has 3 nitrogen and oxygen atoms in total. The van der Waals surface area contributed by atoms with Gasteiger partial charge >= 0.3 is 0 Å². The Morgan fingerprint density at radius 1 is 0.923 bits per heavy atom. The van der Waals surface area contributed by atoms with Crippen LogP contribution >= 0.6 is 0 Å². The standard InChI is InChI=1S/C22H38O3Si/c1-9-20(14-24-15-21-10-12-22(23-8)13-11-21)16-25-26(17(2)3,18(4)5)19(6)7/h9-13,17-19H,14-16H2,1-8H3/b20-9+. The van der Waals surface area contributed by atoms with Gasteiger partial charge in [0, 0.05) is 0 Å². The predicted octanol–water partition coefficient (Wildman–Crippen LogP) is 6.35. The van der Waals surface area contributed by atoms with E-state index >= 15 is 0 Å². The van der Waals surface area contributed by atoms with E-state index in [9.17, 15) is 0 Å². The number of allylic oxidation sites excluding steroid dienone is 1. The Bertz CT molecular complexity index is 525. The molecule has 0 aliphatic rings. The van der Waals surface area contributed by atoms with Crippen LogP contribution in [-0.2, 0) is 15.8 Å². The Morgan fingerprint density at radius 3 is 1.88 bits per heavy atom. The van der Waals surface area contributed by atoms with Crippen LogP contribution in [0.4, 0.5) is 0 Å². The zero-order chi connectivity index (χ0) is 19.7. The lowest BCUT2D eigenvalue weighted by Gasteiger charge is -2.42. The first-order chi connectivity index (χ1) is 12.3. The maximum atomic E-state index is 6.67. The first-order valence-corrected chi connectivity index (χ1v) is 11.9. The van der Waals surface area contributed by atoms with Crippen molar-refractivity contribution in [1.29, 1.82) is 0 Å². The third kappa shape index (κ3) is 5.97. The van der Waals surface area contributed by atoms with Crippen LogP contribution in [0.1, 0.15) is 54.0 Å². The first-order valence-electron chi connectivity index (χ1n) is 9.76. The highest BCUT2D eigenvalue weighted by Gasteiger charge is 2.44. The SMILES string of the molecule is C/C=C(\COCc1ccc(OC)cc1)CO[Si](C(C)C)(C(C)C)C(C)C. The lowest BCUT2D eigenvalue weighted by Crippen LogP contribution is -2.48. The van der Waals surface area contributed by atoms with E-state index in [1.807, 2.05) is 24.3 Å². The van der Waals surface area contributed by atoms with Crippen molar-refractivity contribution in [3.05, 3.63) is 41.5 Å². The molecule has 0 amide bonds. The second kappa shape index (κ2) is 10.9. The van der Waals surface area contributed by atoms with Crippen LogP contribution in [0.15, 0.2) is 35.9 Å². The monoisotopic (exact) mass is 378 g/mol. The number of ether oxygens (including phenoxy) is 2. The molecule has 0 radical (unpaired) electrons. The molecule has 26 heavy (non-hydrogen) atoms. The van der Waals surface area contributed by atoms with Gasteiger partial charge in [0.1, 0.15) is 5.75 Å². The van der Waals surface area contributed by atoms with Crippen molar-refractivity contribution < 1.29 is 13.9 Å². The van der Waals surface area contributed by atoms with Crippen LogP contribution in [0.25, 0.3) is 0 Å². The summed E-state index contributed by atoms with van der Waals surface area (Å²) in [7, 11) is -0.151. The maximum absolute atomic E-state index is 6.67. The van der Waals surface area contributed by atoms with E-state index in [-0.39, 0.29) is 0 Å². The highest BCUT2D eigenvalue weighted by atomic mass is 28.4. The topological polar surface area (TPSA) is 27.7 Å². The van der Waals surface area contributed by atoms with E-state index in [0.717, 1.165) is 11.3 Å². The summed E-state index contributed by atoms with van der Waals surface area (Å²) in [6.45, 7) is 17.9. The lowest BCUT2D eigenvalue weighted by molar-refractivity contribution is 0.134. The van der Waals surface area contributed by atoms with Gasteiger partial charge in [-0.2, -0.15) is 0 Å². The van der Waals surface area contributed by atoms with Gasteiger partial charge in [-0.1, -0.05) is 59.8 Å². The highest BCUT2D eigenvalue weighted by molar-refractivity contribution is 6.77. The van der Waals surface area contributed by atoms with Gasteiger partial charge in [-0.25, -0.2) is 0 Å². The Labute approximate surface area is 161 Å². The van der Waals surface area contributed by atoms with Gasteiger partial charge in [0.25, 0.3) is 0 Å². The van der Waals surface area contributed by atoms with Crippen LogP contribution in [0.3, 0.4) is 0 Å². The van der Waals surface area contributed by atoms with Crippen molar-refractivity contribution in [3.63, 3.8) is 0 Å². The summed E-state index contributed by atoms with van der Waals surface area (Å²) in [5.41, 5.74) is 4.16. The van der Waals surface area contributed by atoms with Crippen molar-refractivity contribution in [1.82, 2.24) is 0 Å². The average Bonchev–Trinajstić information content (AvgIpc) is 2.60. The summed E-state index contributed by atoms with van der Waals surface area (Å²) in [5, 5.41) is 0. The molecule has 4 heteroatoms. The molecule has 0 spiro atoms. The predicted molar refractivity (Wildman–Crippen MR) is 113 cm³/mol. The first kappa shape index (κ1) is 22.9. The van der Waals surface area contributed by atoms with Crippen LogP contribution < -0.4 is 4.74 Å². The zero-order valence-electron chi connectivity index (χ0n) is 18.0. The van der Waals surface area contributed by atoms with E-state index in [2.05, 4.69) is 54.5 Å². The summed E-state index contributed by atoms with van der Waals surface area (Å²) >= 11 is 0.